The van der Waals surface area contributed by atoms with Crippen LogP contribution in [0.2, 0.25) is 0 Å². The third-order valence-corrected chi connectivity index (χ3v) is 6.37. The highest BCUT2D eigenvalue weighted by molar-refractivity contribution is 7.20. The summed E-state index contributed by atoms with van der Waals surface area (Å²) >= 11 is 1.52. The van der Waals surface area contributed by atoms with Gasteiger partial charge in [0.15, 0.2) is 6.29 Å². The van der Waals surface area contributed by atoms with Gasteiger partial charge in [-0.3, -0.25) is 4.79 Å². The van der Waals surface area contributed by atoms with Crippen LogP contribution in [0.3, 0.4) is 0 Å². The van der Waals surface area contributed by atoms with Gasteiger partial charge in [-0.05, 0) is 50.8 Å². The number of rotatable bonds is 2. The van der Waals surface area contributed by atoms with E-state index in [0.29, 0.717) is 19.8 Å². The number of piperidine rings is 1. The second-order valence-electron chi connectivity index (χ2n) is 7.08. The number of pyridine rings is 1. The van der Waals surface area contributed by atoms with Gasteiger partial charge in [-0.25, -0.2) is 4.98 Å². The standard InChI is InChI=1S/C19H24N2O3S/c1-11-9-12(2)20-17-15(11)13(3)16(25-17)18(22)21-6-4-5-14(10-21)19-23-7-8-24-19/h9,14,19H,4-8,10H2,1-3H3. The molecule has 4 heterocycles. The zero-order chi connectivity index (χ0) is 17.6. The molecule has 4 rings (SSSR count). The van der Waals surface area contributed by atoms with Crippen molar-refractivity contribution < 1.29 is 14.3 Å². The van der Waals surface area contributed by atoms with Gasteiger partial charge in [0, 0.05) is 30.1 Å². The van der Waals surface area contributed by atoms with E-state index in [0.717, 1.165) is 45.7 Å². The number of aryl methyl sites for hydroxylation is 3. The van der Waals surface area contributed by atoms with Crippen LogP contribution in [0.25, 0.3) is 10.2 Å². The molecule has 0 aromatic carbocycles. The lowest BCUT2D eigenvalue weighted by atomic mass is 9.97. The first-order valence-corrected chi connectivity index (χ1v) is 9.76. The molecule has 5 nitrogen and oxygen atoms in total. The molecule has 6 heteroatoms. The maximum atomic E-state index is 13.2. The van der Waals surface area contributed by atoms with Crippen molar-refractivity contribution in [1.29, 1.82) is 0 Å². The van der Waals surface area contributed by atoms with Gasteiger partial charge in [-0.2, -0.15) is 0 Å². The Hall–Kier alpha value is -1.50. The van der Waals surface area contributed by atoms with E-state index >= 15 is 0 Å². The van der Waals surface area contributed by atoms with Gasteiger partial charge in [0.2, 0.25) is 0 Å². The first-order valence-electron chi connectivity index (χ1n) is 8.94. The number of carbonyl (C=O) groups is 1. The summed E-state index contributed by atoms with van der Waals surface area (Å²) in [7, 11) is 0. The van der Waals surface area contributed by atoms with E-state index in [1.165, 1.54) is 16.9 Å². The van der Waals surface area contributed by atoms with E-state index in [1.807, 2.05) is 18.7 Å². The van der Waals surface area contributed by atoms with Crippen molar-refractivity contribution in [1.82, 2.24) is 9.88 Å². The van der Waals surface area contributed by atoms with Crippen LogP contribution in [0, 0.1) is 26.7 Å². The Balaban J connectivity index is 1.61. The number of thiophene rings is 1. The predicted octanol–water partition coefficient (Wildman–Crippen LogP) is 3.45. The van der Waals surface area contributed by atoms with Gasteiger partial charge in [0.05, 0.1) is 18.1 Å². The van der Waals surface area contributed by atoms with Crippen molar-refractivity contribution in [3.63, 3.8) is 0 Å². The maximum absolute atomic E-state index is 13.2. The third-order valence-electron chi connectivity index (χ3n) is 5.20. The van der Waals surface area contributed by atoms with E-state index in [1.54, 1.807) is 0 Å². The van der Waals surface area contributed by atoms with Crippen LogP contribution in [-0.4, -0.2) is 48.4 Å². The molecular weight excluding hydrogens is 336 g/mol. The minimum atomic E-state index is -0.148. The van der Waals surface area contributed by atoms with Crippen LogP contribution in [0.4, 0.5) is 0 Å². The Bertz CT molecular complexity index is 811. The molecule has 2 aliphatic rings. The maximum Gasteiger partial charge on any atom is 0.264 e. The van der Waals surface area contributed by atoms with Crippen molar-refractivity contribution in [2.24, 2.45) is 5.92 Å². The lowest BCUT2D eigenvalue weighted by Gasteiger charge is -2.34. The highest BCUT2D eigenvalue weighted by Gasteiger charge is 2.34. The lowest BCUT2D eigenvalue weighted by Crippen LogP contribution is -2.43. The van der Waals surface area contributed by atoms with Crippen molar-refractivity contribution in [2.75, 3.05) is 26.3 Å². The van der Waals surface area contributed by atoms with Gasteiger partial charge in [-0.1, -0.05) is 0 Å². The highest BCUT2D eigenvalue weighted by atomic mass is 32.1. The van der Waals surface area contributed by atoms with E-state index in [-0.39, 0.29) is 18.1 Å². The minimum absolute atomic E-state index is 0.125. The summed E-state index contributed by atoms with van der Waals surface area (Å²) in [6, 6.07) is 2.09. The Labute approximate surface area is 151 Å². The van der Waals surface area contributed by atoms with E-state index < -0.39 is 0 Å². The number of aromatic nitrogens is 1. The molecule has 0 aliphatic carbocycles. The first-order chi connectivity index (χ1) is 12.0. The molecular formula is C19H24N2O3S. The molecule has 2 aliphatic heterocycles. The Morgan fingerprint density at radius 2 is 2.04 bits per heavy atom. The fourth-order valence-corrected chi connectivity index (χ4v) is 5.30. The van der Waals surface area contributed by atoms with E-state index in [4.69, 9.17) is 9.47 Å². The summed E-state index contributed by atoms with van der Waals surface area (Å²) in [6.07, 6.45) is 1.91. The van der Waals surface area contributed by atoms with Crippen molar-refractivity contribution in [2.45, 2.75) is 39.9 Å². The van der Waals surface area contributed by atoms with Crippen molar-refractivity contribution in [3.05, 3.63) is 27.8 Å². The van der Waals surface area contributed by atoms with Crippen LogP contribution in [0.1, 0.15) is 39.3 Å². The number of carbonyl (C=O) groups excluding carboxylic acids is 1. The average molecular weight is 360 g/mol. The fourth-order valence-electron chi connectivity index (χ4n) is 4.03. The molecule has 0 saturated carbocycles. The molecule has 0 radical (unpaired) electrons. The minimum Gasteiger partial charge on any atom is -0.350 e. The summed E-state index contributed by atoms with van der Waals surface area (Å²) in [4.78, 5) is 21.6. The molecule has 1 amide bonds. The first kappa shape index (κ1) is 16.9. The zero-order valence-electron chi connectivity index (χ0n) is 15.0. The molecule has 1 unspecified atom stereocenters. The molecule has 0 bridgehead atoms. The summed E-state index contributed by atoms with van der Waals surface area (Å²) in [5.41, 5.74) is 3.25. The summed E-state index contributed by atoms with van der Waals surface area (Å²) in [6.45, 7) is 8.98. The molecule has 2 fully saturated rings. The number of hydrogen-bond donors (Lipinski definition) is 0. The fraction of sp³-hybridized carbons (Fsp3) is 0.579. The van der Waals surface area contributed by atoms with Crippen LogP contribution < -0.4 is 0 Å². The molecule has 134 valence electrons. The number of hydrogen-bond acceptors (Lipinski definition) is 5. The third kappa shape index (κ3) is 3.07. The predicted molar refractivity (Wildman–Crippen MR) is 98.2 cm³/mol. The normalized spacial score (nSPS) is 22.0. The number of ether oxygens (including phenoxy) is 2. The van der Waals surface area contributed by atoms with Crippen molar-refractivity contribution in [3.8, 4) is 0 Å². The van der Waals surface area contributed by atoms with Crippen LogP contribution in [0.5, 0.6) is 0 Å². The van der Waals surface area contributed by atoms with E-state index in [9.17, 15) is 4.79 Å². The molecule has 0 N–H and O–H groups in total. The largest absolute Gasteiger partial charge is 0.350 e. The molecule has 2 aromatic rings. The summed E-state index contributed by atoms with van der Waals surface area (Å²) < 4.78 is 11.3. The van der Waals surface area contributed by atoms with Crippen LogP contribution >= 0.6 is 11.3 Å². The molecule has 1 atom stereocenters. The second kappa shape index (κ2) is 6.67. The lowest BCUT2D eigenvalue weighted by molar-refractivity contribution is -0.0969. The number of likely N-dealkylation sites (tertiary alicyclic amines) is 1. The quantitative estimate of drug-likeness (QED) is 0.823. The molecule has 2 aromatic heterocycles. The molecule has 2 saturated heterocycles. The average Bonchev–Trinajstić information content (AvgIpc) is 3.22. The van der Waals surface area contributed by atoms with Gasteiger partial charge in [0.1, 0.15) is 4.83 Å². The summed E-state index contributed by atoms with van der Waals surface area (Å²) in [5.74, 6) is 0.400. The number of amides is 1. The Morgan fingerprint density at radius 3 is 2.80 bits per heavy atom. The topological polar surface area (TPSA) is 51.7 Å². The Kier molecular flexibility index (Phi) is 4.52. The van der Waals surface area contributed by atoms with Gasteiger partial charge >= 0.3 is 0 Å². The van der Waals surface area contributed by atoms with Gasteiger partial charge in [-0.15, -0.1) is 11.3 Å². The number of fused-ring (bicyclic) bond motifs is 1. The van der Waals surface area contributed by atoms with Crippen LogP contribution in [-0.2, 0) is 9.47 Å². The Morgan fingerprint density at radius 1 is 1.28 bits per heavy atom. The SMILES string of the molecule is Cc1cc(C)c2c(C)c(C(=O)N3CCCC(C4OCCO4)C3)sc2n1. The van der Waals surface area contributed by atoms with Gasteiger partial charge < -0.3 is 14.4 Å². The smallest absolute Gasteiger partial charge is 0.264 e. The zero-order valence-corrected chi connectivity index (χ0v) is 15.8. The second-order valence-corrected chi connectivity index (χ2v) is 8.08. The molecule has 0 spiro atoms. The molecule has 25 heavy (non-hydrogen) atoms. The number of nitrogens with zero attached hydrogens (tertiary/aromatic N) is 2. The van der Waals surface area contributed by atoms with E-state index in [2.05, 4.69) is 18.0 Å². The van der Waals surface area contributed by atoms with Gasteiger partial charge in [0.25, 0.3) is 5.91 Å². The monoisotopic (exact) mass is 360 g/mol. The highest BCUT2D eigenvalue weighted by Crippen LogP contribution is 2.34. The van der Waals surface area contributed by atoms with Crippen LogP contribution in [0.15, 0.2) is 6.07 Å². The summed E-state index contributed by atoms with van der Waals surface area (Å²) in [5, 5.41) is 1.13. The van der Waals surface area contributed by atoms with Crippen molar-refractivity contribution >= 4 is 27.5 Å².